The van der Waals surface area contributed by atoms with Crippen molar-refractivity contribution < 1.29 is 8.42 Å². The first kappa shape index (κ1) is 15.1. The predicted octanol–water partition coefficient (Wildman–Crippen LogP) is 1.20. The zero-order valence-corrected chi connectivity index (χ0v) is 13.0. The van der Waals surface area contributed by atoms with Crippen LogP contribution in [-0.4, -0.2) is 52.3 Å². The van der Waals surface area contributed by atoms with Crippen LogP contribution in [0.3, 0.4) is 0 Å². The van der Waals surface area contributed by atoms with E-state index >= 15 is 0 Å². The Morgan fingerprint density at radius 3 is 2.35 bits per heavy atom. The molecule has 0 unspecified atom stereocenters. The molecule has 2 rings (SSSR count). The minimum Gasteiger partial charge on any atom is -0.397 e. The Kier molecular flexibility index (Phi) is 4.55. The molecule has 0 aliphatic carbocycles. The molecule has 0 amide bonds. The summed E-state index contributed by atoms with van der Waals surface area (Å²) in [5.74, 6) is 0. The first-order valence-corrected chi connectivity index (χ1v) is 8.88. The SMILES string of the molecule is CCCN1CCN(c2ccc(S(C)(=O)=O)cc2N)CC1. The fourth-order valence-corrected chi connectivity index (χ4v) is 3.24. The second kappa shape index (κ2) is 6.01. The number of piperazine rings is 1. The highest BCUT2D eigenvalue weighted by Crippen LogP contribution is 2.27. The summed E-state index contributed by atoms with van der Waals surface area (Å²) in [5, 5.41) is 0. The summed E-state index contributed by atoms with van der Waals surface area (Å²) in [6.45, 7) is 7.25. The molecule has 0 radical (unpaired) electrons. The predicted molar refractivity (Wildman–Crippen MR) is 82.9 cm³/mol. The highest BCUT2D eigenvalue weighted by molar-refractivity contribution is 7.90. The van der Waals surface area contributed by atoms with E-state index in [1.165, 1.54) is 12.7 Å². The molecule has 0 aromatic heterocycles. The van der Waals surface area contributed by atoms with Gasteiger partial charge in [0.05, 0.1) is 16.3 Å². The molecule has 112 valence electrons. The number of benzene rings is 1. The molecule has 0 bridgehead atoms. The minimum absolute atomic E-state index is 0.281. The molecule has 1 aromatic rings. The number of sulfone groups is 1. The lowest BCUT2D eigenvalue weighted by atomic mass is 10.2. The van der Waals surface area contributed by atoms with E-state index in [9.17, 15) is 8.42 Å². The number of hydrogen-bond donors (Lipinski definition) is 1. The lowest BCUT2D eigenvalue weighted by Gasteiger charge is -2.36. The third-order valence-electron chi connectivity index (χ3n) is 3.68. The first-order valence-electron chi connectivity index (χ1n) is 6.98. The number of rotatable bonds is 4. The second-order valence-corrected chi connectivity index (χ2v) is 7.34. The van der Waals surface area contributed by atoms with Crippen molar-refractivity contribution in [2.24, 2.45) is 0 Å². The molecular formula is C14H23N3O2S. The third kappa shape index (κ3) is 3.43. The van der Waals surface area contributed by atoms with Gasteiger partial charge in [0.15, 0.2) is 9.84 Å². The third-order valence-corrected chi connectivity index (χ3v) is 4.79. The van der Waals surface area contributed by atoms with Crippen molar-refractivity contribution in [1.82, 2.24) is 4.90 Å². The van der Waals surface area contributed by atoms with E-state index in [0.717, 1.165) is 38.4 Å². The Balaban J connectivity index is 2.11. The van der Waals surface area contributed by atoms with E-state index in [1.54, 1.807) is 12.1 Å². The molecular weight excluding hydrogens is 274 g/mol. The Labute approximate surface area is 121 Å². The lowest BCUT2D eigenvalue weighted by Crippen LogP contribution is -2.46. The Morgan fingerprint density at radius 1 is 1.20 bits per heavy atom. The van der Waals surface area contributed by atoms with Crippen molar-refractivity contribution in [2.75, 3.05) is 49.6 Å². The van der Waals surface area contributed by atoms with Crippen LogP contribution in [0.2, 0.25) is 0 Å². The molecule has 2 N–H and O–H groups in total. The zero-order valence-electron chi connectivity index (χ0n) is 12.2. The van der Waals surface area contributed by atoms with Crippen LogP contribution < -0.4 is 10.6 Å². The molecule has 1 aliphatic heterocycles. The van der Waals surface area contributed by atoms with Gasteiger partial charge in [-0.2, -0.15) is 0 Å². The van der Waals surface area contributed by atoms with E-state index in [4.69, 9.17) is 5.73 Å². The van der Waals surface area contributed by atoms with Gasteiger partial charge in [0.25, 0.3) is 0 Å². The average Bonchev–Trinajstić information content (AvgIpc) is 2.39. The molecule has 1 aliphatic rings. The van der Waals surface area contributed by atoms with Gasteiger partial charge in [-0.3, -0.25) is 4.90 Å². The highest BCUT2D eigenvalue weighted by atomic mass is 32.2. The summed E-state index contributed by atoms with van der Waals surface area (Å²) in [5.41, 5.74) is 7.50. The molecule has 5 nitrogen and oxygen atoms in total. The summed E-state index contributed by atoms with van der Waals surface area (Å²) >= 11 is 0. The Bertz CT molecular complexity index is 564. The molecule has 1 heterocycles. The van der Waals surface area contributed by atoms with Gasteiger partial charge in [-0.25, -0.2) is 8.42 Å². The van der Waals surface area contributed by atoms with Gasteiger partial charge < -0.3 is 10.6 Å². The van der Waals surface area contributed by atoms with E-state index in [1.807, 2.05) is 6.07 Å². The van der Waals surface area contributed by atoms with Crippen LogP contribution in [0.25, 0.3) is 0 Å². The fourth-order valence-electron chi connectivity index (χ4n) is 2.58. The van der Waals surface area contributed by atoms with Crippen LogP contribution in [0.4, 0.5) is 11.4 Å². The van der Waals surface area contributed by atoms with Crippen LogP contribution in [0, 0.1) is 0 Å². The van der Waals surface area contributed by atoms with Crippen LogP contribution in [0.15, 0.2) is 23.1 Å². The fraction of sp³-hybridized carbons (Fsp3) is 0.571. The second-order valence-electron chi connectivity index (χ2n) is 5.32. The standard InChI is InChI=1S/C14H23N3O2S/c1-3-6-16-7-9-17(10-8-16)14-5-4-12(11-13(14)15)20(2,18)19/h4-5,11H,3,6-10,15H2,1-2H3. The maximum atomic E-state index is 11.5. The van der Waals surface area contributed by atoms with Crippen molar-refractivity contribution >= 4 is 21.2 Å². The zero-order chi connectivity index (χ0) is 14.8. The van der Waals surface area contributed by atoms with Gasteiger partial charge in [-0.05, 0) is 31.2 Å². The van der Waals surface area contributed by atoms with Gasteiger partial charge >= 0.3 is 0 Å². The van der Waals surface area contributed by atoms with Gasteiger partial charge in [0, 0.05) is 32.4 Å². The molecule has 20 heavy (non-hydrogen) atoms. The van der Waals surface area contributed by atoms with Crippen molar-refractivity contribution in [2.45, 2.75) is 18.2 Å². The molecule has 1 saturated heterocycles. The van der Waals surface area contributed by atoms with E-state index in [2.05, 4.69) is 16.7 Å². The minimum atomic E-state index is -3.20. The molecule has 0 spiro atoms. The summed E-state index contributed by atoms with van der Waals surface area (Å²) in [4.78, 5) is 4.95. The molecule has 1 aromatic carbocycles. The number of nitrogens with two attached hydrogens (primary N) is 1. The quantitative estimate of drug-likeness (QED) is 0.846. The van der Waals surface area contributed by atoms with Crippen LogP contribution in [0.1, 0.15) is 13.3 Å². The van der Waals surface area contributed by atoms with Gasteiger partial charge in [0.1, 0.15) is 0 Å². The molecule has 0 saturated carbocycles. The largest absolute Gasteiger partial charge is 0.397 e. The maximum absolute atomic E-state index is 11.5. The van der Waals surface area contributed by atoms with Crippen molar-refractivity contribution in [3.63, 3.8) is 0 Å². The summed E-state index contributed by atoms with van der Waals surface area (Å²) < 4.78 is 23.0. The van der Waals surface area contributed by atoms with Crippen LogP contribution in [-0.2, 0) is 9.84 Å². The monoisotopic (exact) mass is 297 g/mol. The Morgan fingerprint density at radius 2 is 1.85 bits per heavy atom. The van der Waals surface area contributed by atoms with E-state index in [0.29, 0.717) is 5.69 Å². The summed E-state index contributed by atoms with van der Waals surface area (Å²) in [6, 6.07) is 5.02. The molecule has 0 atom stereocenters. The lowest BCUT2D eigenvalue weighted by molar-refractivity contribution is 0.258. The number of nitrogen functional groups attached to an aromatic ring is 1. The first-order chi connectivity index (χ1) is 9.41. The molecule has 6 heteroatoms. The topological polar surface area (TPSA) is 66.6 Å². The van der Waals surface area contributed by atoms with Crippen molar-refractivity contribution in [3.8, 4) is 0 Å². The van der Waals surface area contributed by atoms with E-state index < -0.39 is 9.84 Å². The number of nitrogens with zero attached hydrogens (tertiary/aromatic N) is 2. The van der Waals surface area contributed by atoms with Crippen LogP contribution in [0.5, 0.6) is 0 Å². The van der Waals surface area contributed by atoms with E-state index in [-0.39, 0.29) is 4.90 Å². The smallest absolute Gasteiger partial charge is 0.175 e. The van der Waals surface area contributed by atoms with Crippen LogP contribution >= 0.6 is 0 Å². The number of hydrogen-bond acceptors (Lipinski definition) is 5. The summed E-state index contributed by atoms with van der Waals surface area (Å²) in [7, 11) is -3.20. The normalized spacial score (nSPS) is 17.4. The van der Waals surface area contributed by atoms with Crippen molar-refractivity contribution in [1.29, 1.82) is 0 Å². The van der Waals surface area contributed by atoms with Gasteiger partial charge in [-0.1, -0.05) is 6.92 Å². The van der Waals surface area contributed by atoms with Crippen molar-refractivity contribution in [3.05, 3.63) is 18.2 Å². The maximum Gasteiger partial charge on any atom is 0.175 e. The summed E-state index contributed by atoms with van der Waals surface area (Å²) in [6.07, 6.45) is 2.37. The van der Waals surface area contributed by atoms with Gasteiger partial charge in [-0.15, -0.1) is 0 Å². The average molecular weight is 297 g/mol. The molecule has 1 fully saturated rings. The highest BCUT2D eigenvalue weighted by Gasteiger charge is 2.19. The van der Waals surface area contributed by atoms with Gasteiger partial charge in [0.2, 0.25) is 0 Å². The number of anilines is 2. The Hall–Kier alpha value is -1.27.